The molecule has 0 aliphatic heterocycles. The first kappa shape index (κ1) is 37.8. The fraction of sp³-hybridized carbons (Fsp3) is 0.875. The van der Waals surface area contributed by atoms with E-state index in [4.69, 9.17) is 31.2 Å². The van der Waals surface area contributed by atoms with Gasteiger partial charge in [-0.1, -0.05) is 0 Å². The molecule has 0 aromatic rings. The summed E-state index contributed by atoms with van der Waals surface area (Å²) in [6.45, 7) is 12.0. The molecule has 12 heteroatoms. The quantitative estimate of drug-likeness (QED) is 0.230. The SMILES string of the molecule is CC(C)(C)OC(=O)OC(=O)OC(C)(C)C.CO.Cl.Cl.NCCNCC(N)CO. The van der Waals surface area contributed by atoms with E-state index in [1.807, 2.05) is 0 Å². The molecule has 0 rings (SSSR count). The van der Waals surface area contributed by atoms with Gasteiger partial charge < -0.3 is 41.2 Å². The zero-order valence-corrected chi connectivity index (χ0v) is 19.4. The number of nitrogens with one attached hydrogen (secondary N) is 1. The van der Waals surface area contributed by atoms with Gasteiger partial charge in [-0.15, -0.1) is 24.8 Å². The maximum Gasteiger partial charge on any atom is 0.519 e. The number of hydrogen-bond donors (Lipinski definition) is 5. The normalized spacial score (nSPS) is 11.0. The van der Waals surface area contributed by atoms with Gasteiger partial charge in [0.2, 0.25) is 0 Å². The molecule has 0 fully saturated rings. The van der Waals surface area contributed by atoms with E-state index in [1.54, 1.807) is 41.5 Å². The highest BCUT2D eigenvalue weighted by atomic mass is 35.5. The van der Waals surface area contributed by atoms with Crippen LogP contribution in [-0.4, -0.2) is 73.1 Å². The Labute approximate surface area is 180 Å². The molecule has 1 unspecified atom stereocenters. The number of aliphatic hydroxyl groups excluding tert-OH is 2. The fourth-order valence-corrected chi connectivity index (χ4v) is 1.06. The van der Waals surface area contributed by atoms with Gasteiger partial charge in [0.05, 0.1) is 6.61 Å². The number of hydrogen-bond acceptors (Lipinski definition) is 10. The summed E-state index contributed by atoms with van der Waals surface area (Å²) in [4.78, 5) is 22.0. The van der Waals surface area contributed by atoms with Crippen molar-refractivity contribution in [2.24, 2.45) is 11.5 Å². The monoisotopic (exact) mass is 455 g/mol. The summed E-state index contributed by atoms with van der Waals surface area (Å²) < 4.78 is 13.8. The lowest BCUT2D eigenvalue weighted by atomic mass is 10.2. The molecule has 0 amide bonds. The second kappa shape index (κ2) is 20.8. The van der Waals surface area contributed by atoms with Crippen molar-refractivity contribution in [1.29, 1.82) is 0 Å². The Morgan fingerprint density at radius 2 is 1.32 bits per heavy atom. The van der Waals surface area contributed by atoms with E-state index in [0.29, 0.717) is 13.1 Å². The average molecular weight is 456 g/mol. The van der Waals surface area contributed by atoms with Crippen molar-refractivity contribution in [1.82, 2.24) is 5.32 Å². The summed E-state index contributed by atoms with van der Waals surface area (Å²) in [5.74, 6) is 0. The molecule has 0 heterocycles. The maximum absolute atomic E-state index is 11.0. The Morgan fingerprint density at radius 1 is 0.964 bits per heavy atom. The molecule has 0 saturated carbocycles. The maximum atomic E-state index is 11.0. The molecule has 0 aromatic heterocycles. The number of aliphatic hydroxyl groups is 2. The van der Waals surface area contributed by atoms with Crippen molar-refractivity contribution in [2.75, 3.05) is 33.4 Å². The minimum atomic E-state index is -1.06. The van der Waals surface area contributed by atoms with Gasteiger partial charge in [-0.2, -0.15) is 0 Å². The number of carbonyl (C=O) groups excluding carboxylic acids is 2. The Kier molecular flexibility index (Phi) is 28.2. The van der Waals surface area contributed by atoms with E-state index < -0.39 is 23.5 Å². The van der Waals surface area contributed by atoms with Crippen molar-refractivity contribution < 1.29 is 34.0 Å². The lowest BCUT2D eigenvalue weighted by Gasteiger charge is -2.20. The third-order valence-electron chi connectivity index (χ3n) is 1.91. The van der Waals surface area contributed by atoms with Gasteiger partial charge in [-0.3, -0.25) is 0 Å². The van der Waals surface area contributed by atoms with Crippen molar-refractivity contribution in [2.45, 2.75) is 58.8 Å². The Morgan fingerprint density at radius 3 is 1.57 bits per heavy atom. The molecule has 0 aliphatic rings. The van der Waals surface area contributed by atoms with Gasteiger partial charge in [0, 0.05) is 32.8 Å². The van der Waals surface area contributed by atoms with Gasteiger partial charge in [0.15, 0.2) is 0 Å². The van der Waals surface area contributed by atoms with Crippen LogP contribution in [0.3, 0.4) is 0 Å². The number of halogens is 2. The van der Waals surface area contributed by atoms with Crippen molar-refractivity contribution in [3.05, 3.63) is 0 Å². The van der Waals surface area contributed by atoms with Crippen molar-refractivity contribution in [3.63, 3.8) is 0 Å². The molecule has 28 heavy (non-hydrogen) atoms. The van der Waals surface area contributed by atoms with E-state index in [1.165, 1.54) is 0 Å². The summed E-state index contributed by atoms with van der Waals surface area (Å²) >= 11 is 0. The van der Waals surface area contributed by atoms with Crippen molar-refractivity contribution >= 4 is 37.1 Å². The molecule has 0 aliphatic carbocycles. The lowest BCUT2D eigenvalue weighted by Crippen LogP contribution is -2.38. The average Bonchev–Trinajstić information content (AvgIpc) is 2.45. The summed E-state index contributed by atoms with van der Waals surface area (Å²) in [5.41, 5.74) is 9.16. The predicted molar refractivity (Wildman–Crippen MR) is 113 cm³/mol. The summed E-state index contributed by atoms with van der Waals surface area (Å²) in [5, 5.41) is 18.4. The summed E-state index contributed by atoms with van der Waals surface area (Å²) in [7, 11) is 1.00. The minimum absolute atomic E-state index is 0. The number of carbonyl (C=O) groups is 2. The third kappa shape index (κ3) is 36.1. The predicted octanol–water partition coefficient (Wildman–Crippen LogP) is 1.18. The molecule has 174 valence electrons. The van der Waals surface area contributed by atoms with Crippen LogP contribution in [0.4, 0.5) is 9.59 Å². The molecular weight excluding hydrogens is 417 g/mol. The molecule has 0 saturated heterocycles. The number of nitrogens with two attached hydrogens (primary N) is 2. The van der Waals surface area contributed by atoms with Crippen LogP contribution in [0.1, 0.15) is 41.5 Å². The molecule has 10 nitrogen and oxygen atoms in total. The van der Waals surface area contributed by atoms with Crippen LogP contribution in [-0.2, 0) is 14.2 Å². The van der Waals surface area contributed by atoms with Crippen LogP contribution in [0.2, 0.25) is 0 Å². The highest BCUT2D eigenvalue weighted by Gasteiger charge is 2.24. The van der Waals surface area contributed by atoms with E-state index in [0.717, 1.165) is 13.7 Å². The minimum Gasteiger partial charge on any atom is -0.428 e. The Balaban J connectivity index is -0.000000118. The molecule has 1 atom stereocenters. The highest BCUT2D eigenvalue weighted by Crippen LogP contribution is 2.11. The van der Waals surface area contributed by atoms with Gasteiger partial charge in [-0.05, 0) is 41.5 Å². The summed E-state index contributed by atoms with van der Waals surface area (Å²) in [6.07, 6.45) is -2.12. The van der Waals surface area contributed by atoms with Crippen LogP contribution >= 0.6 is 24.8 Å². The molecule has 0 aromatic carbocycles. The van der Waals surface area contributed by atoms with E-state index in [2.05, 4.69) is 10.1 Å². The highest BCUT2D eigenvalue weighted by molar-refractivity contribution is 5.85. The fourth-order valence-electron chi connectivity index (χ4n) is 1.06. The Hall–Kier alpha value is -0.880. The molecule has 7 N–H and O–H groups in total. The van der Waals surface area contributed by atoms with E-state index >= 15 is 0 Å². The smallest absolute Gasteiger partial charge is 0.428 e. The van der Waals surface area contributed by atoms with Gasteiger partial charge in [0.25, 0.3) is 0 Å². The first-order valence-corrected chi connectivity index (χ1v) is 8.16. The van der Waals surface area contributed by atoms with Crippen LogP contribution in [0.15, 0.2) is 0 Å². The standard InChI is InChI=1S/C10H18O5.C5H15N3O.CH4O.2ClH/c1-9(2,3)14-7(11)13-8(12)15-10(4,5)6;6-1-2-8-3-5(7)4-9;1-2;;/h1-6H3;5,8-9H,1-4,6-7H2;2H,1H3;2*1H. The molecule has 0 radical (unpaired) electrons. The van der Waals surface area contributed by atoms with Gasteiger partial charge in [0.1, 0.15) is 11.2 Å². The van der Waals surface area contributed by atoms with E-state index in [9.17, 15) is 9.59 Å². The Bertz CT molecular complexity index is 350. The van der Waals surface area contributed by atoms with Crippen LogP contribution in [0.5, 0.6) is 0 Å². The zero-order chi connectivity index (χ0) is 21.4. The second-order valence-electron chi connectivity index (χ2n) is 6.97. The third-order valence-corrected chi connectivity index (χ3v) is 1.91. The van der Waals surface area contributed by atoms with Gasteiger partial charge in [-0.25, -0.2) is 9.59 Å². The number of rotatable bonds is 5. The summed E-state index contributed by atoms with van der Waals surface area (Å²) in [6, 6.07) is -0.156. The number of ether oxygens (including phenoxy) is 3. The second-order valence-corrected chi connectivity index (χ2v) is 6.97. The zero-order valence-electron chi connectivity index (χ0n) is 17.8. The van der Waals surface area contributed by atoms with E-state index in [-0.39, 0.29) is 37.5 Å². The topological polar surface area (TPSA) is 166 Å². The largest absolute Gasteiger partial charge is 0.519 e. The first-order valence-electron chi connectivity index (χ1n) is 8.16. The lowest BCUT2D eigenvalue weighted by molar-refractivity contribution is -0.0293. The van der Waals surface area contributed by atoms with Gasteiger partial charge >= 0.3 is 12.3 Å². The first-order chi connectivity index (χ1) is 11.8. The van der Waals surface area contributed by atoms with Crippen LogP contribution in [0, 0.1) is 0 Å². The molecular formula is C16H39Cl2N3O7. The van der Waals surface area contributed by atoms with Crippen molar-refractivity contribution in [3.8, 4) is 0 Å². The van der Waals surface area contributed by atoms with Crippen LogP contribution in [0.25, 0.3) is 0 Å². The van der Waals surface area contributed by atoms with Crippen LogP contribution < -0.4 is 16.8 Å². The molecule has 0 bridgehead atoms. The molecule has 0 spiro atoms.